The van der Waals surface area contributed by atoms with E-state index in [1.54, 1.807) is 48.4 Å². The second-order valence-corrected chi connectivity index (χ2v) is 7.23. The maximum absolute atomic E-state index is 13.1. The molecule has 0 spiro atoms. The quantitative estimate of drug-likeness (QED) is 0.453. The Morgan fingerprint density at radius 1 is 1.03 bits per heavy atom. The third-order valence-corrected chi connectivity index (χ3v) is 4.98. The maximum Gasteiger partial charge on any atom is 0.416 e. The van der Waals surface area contributed by atoms with Crippen molar-refractivity contribution < 1.29 is 18.0 Å². The maximum atomic E-state index is 13.1. The summed E-state index contributed by atoms with van der Waals surface area (Å²) in [7, 11) is 0. The van der Waals surface area contributed by atoms with Crippen molar-refractivity contribution in [2.24, 2.45) is 0 Å². The van der Waals surface area contributed by atoms with Crippen LogP contribution in [0.3, 0.4) is 0 Å². The normalized spacial score (nSPS) is 12.4. The summed E-state index contributed by atoms with van der Waals surface area (Å²) < 4.78 is 40.8. The van der Waals surface area contributed by atoms with Crippen molar-refractivity contribution in [2.75, 3.05) is 0 Å². The molecule has 0 aliphatic rings. The van der Waals surface area contributed by atoms with Gasteiger partial charge in [0.2, 0.25) is 0 Å². The number of benzene rings is 2. The third kappa shape index (κ3) is 4.54. The molecule has 0 bridgehead atoms. The largest absolute Gasteiger partial charge is 0.416 e. The number of pyridine rings is 1. The van der Waals surface area contributed by atoms with E-state index in [1.165, 1.54) is 6.07 Å². The van der Waals surface area contributed by atoms with Crippen molar-refractivity contribution in [3.8, 4) is 16.9 Å². The minimum absolute atomic E-state index is 0.292. The summed E-state index contributed by atoms with van der Waals surface area (Å²) in [4.78, 5) is 17.2. The number of aromatic nitrogens is 3. The van der Waals surface area contributed by atoms with Crippen molar-refractivity contribution >= 4 is 5.91 Å². The molecule has 5 nitrogen and oxygen atoms in total. The van der Waals surface area contributed by atoms with Gasteiger partial charge in [0.1, 0.15) is 5.69 Å². The SMILES string of the molecule is CC(NC(=O)c1cn(-c2ccccc2)nc1-c1cccnc1)c1cccc(C(F)(F)F)c1. The highest BCUT2D eigenvalue weighted by molar-refractivity contribution is 6.00. The molecule has 32 heavy (non-hydrogen) atoms. The van der Waals surface area contributed by atoms with Crippen LogP contribution in [0.2, 0.25) is 0 Å². The van der Waals surface area contributed by atoms with Crippen LogP contribution in [0.1, 0.15) is 34.5 Å². The van der Waals surface area contributed by atoms with E-state index in [0.717, 1.165) is 17.8 Å². The predicted octanol–water partition coefficient (Wildman–Crippen LogP) is 5.44. The summed E-state index contributed by atoms with van der Waals surface area (Å²) in [6.07, 6.45) is 0.369. The van der Waals surface area contributed by atoms with Gasteiger partial charge in [-0.3, -0.25) is 9.78 Å². The second-order valence-electron chi connectivity index (χ2n) is 7.23. The van der Waals surface area contributed by atoms with Crippen LogP contribution in [0.5, 0.6) is 0 Å². The number of carbonyl (C=O) groups is 1. The van der Waals surface area contributed by atoms with Gasteiger partial charge in [-0.1, -0.05) is 30.3 Å². The fourth-order valence-electron chi connectivity index (χ4n) is 3.31. The Labute approximate surface area is 182 Å². The van der Waals surface area contributed by atoms with E-state index in [0.29, 0.717) is 22.4 Å². The average molecular weight is 436 g/mol. The fraction of sp³-hybridized carbons (Fsp3) is 0.125. The summed E-state index contributed by atoms with van der Waals surface area (Å²) in [6, 6.07) is 17.1. The van der Waals surface area contributed by atoms with Gasteiger partial charge in [-0.25, -0.2) is 4.68 Å². The molecule has 0 saturated carbocycles. The number of amides is 1. The third-order valence-electron chi connectivity index (χ3n) is 4.98. The Morgan fingerprint density at radius 2 is 1.81 bits per heavy atom. The standard InChI is InChI=1S/C24H19F3N4O/c1-16(17-7-5-9-19(13-17)24(25,26)27)29-23(32)21-15-31(20-10-3-2-4-11-20)30-22(21)18-8-6-12-28-14-18/h2-16H,1H3,(H,29,32). The Balaban J connectivity index is 1.66. The second kappa shape index (κ2) is 8.66. The van der Waals surface area contributed by atoms with Gasteiger partial charge in [-0.05, 0) is 48.9 Å². The lowest BCUT2D eigenvalue weighted by Crippen LogP contribution is -2.27. The number of nitrogens with zero attached hydrogens (tertiary/aromatic N) is 3. The summed E-state index contributed by atoms with van der Waals surface area (Å²) in [6.45, 7) is 1.64. The first-order chi connectivity index (χ1) is 15.3. The van der Waals surface area contributed by atoms with Crippen molar-refractivity contribution in [2.45, 2.75) is 19.1 Å². The van der Waals surface area contributed by atoms with E-state index in [4.69, 9.17) is 0 Å². The minimum atomic E-state index is -4.45. The molecule has 1 amide bonds. The van der Waals surface area contributed by atoms with Crippen molar-refractivity contribution in [3.05, 3.63) is 102 Å². The molecule has 4 rings (SSSR count). The first kappa shape index (κ1) is 21.3. The topological polar surface area (TPSA) is 59.8 Å². The number of hydrogen-bond acceptors (Lipinski definition) is 3. The Hall–Kier alpha value is -3.94. The van der Waals surface area contributed by atoms with Gasteiger partial charge >= 0.3 is 6.18 Å². The number of alkyl halides is 3. The summed E-state index contributed by atoms with van der Waals surface area (Å²) in [5.74, 6) is -0.448. The Bertz CT molecular complexity index is 1220. The molecule has 1 N–H and O–H groups in total. The zero-order valence-corrected chi connectivity index (χ0v) is 17.0. The molecular weight excluding hydrogens is 417 g/mol. The molecule has 2 heterocycles. The highest BCUT2D eigenvalue weighted by atomic mass is 19.4. The first-order valence-electron chi connectivity index (χ1n) is 9.86. The number of hydrogen-bond donors (Lipinski definition) is 1. The first-order valence-corrected chi connectivity index (χ1v) is 9.86. The lowest BCUT2D eigenvalue weighted by Gasteiger charge is -2.16. The van der Waals surface area contributed by atoms with E-state index >= 15 is 0 Å². The van der Waals surface area contributed by atoms with E-state index in [1.807, 2.05) is 30.3 Å². The van der Waals surface area contributed by atoms with Crippen LogP contribution in [0.4, 0.5) is 13.2 Å². The van der Waals surface area contributed by atoms with Crippen LogP contribution in [0.15, 0.2) is 85.3 Å². The zero-order chi connectivity index (χ0) is 22.7. The van der Waals surface area contributed by atoms with Crippen LogP contribution in [0, 0.1) is 0 Å². The van der Waals surface area contributed by atoms with Gasteiger partial charge in [0.15, 0.2) is 0 Å². The molecule has 0 aliphatic heterocycles. The molecule has 1 atom stereocenters. The highest BCUT2D eigenvalue weighted by Gasteiger charge is 2.31. The Kier molecular flexibility index (Phi) is 5.77. The van der Waals surface area contributed by atoms with Gasteiger partial charge in [0.25, 0.3) is 5.91 Å². The average Bonchev–Trinajstić information content (AvgIpc) is 3.25. The van der Waals surface area contributed by atoms with Crippen LogP contribution in [0.25, 0.3) is 16.9 Å². The minimum Gasteiger partial charge on any atom is -0.345 e. The van der Waals surface area contributed by atoms with Crippen LogP contribution in [-0.2, 0) is 6.18 Å². The highest BCUT2D eigenvalue weighted by Crippen LogP contribution is 2.31. The monoisotopic (exact) mass is 436 g/mol. The van der Waals surface area contributed by atoms with E-state index in [9.17, 15) is 18.0 Å². The smallest absolute Gasteiger partial charge is 0.345 e. The zero-order valence-electron chi connectivity index (χ0n) is 17.0. The van der Waals surface area contributed by atoms with Crippen LogP contribution >= 0.6 is 0 Å². The van der Waals surface area contributed by atoms with Gasteiger partial charge in [0, 0.05) is 24.2 Å². The lowest BCUT2D eigenvalue weighted by atomic mass is 10.0. The summed E-state index contributed by atoms with van der Waals surface area (Å²) >= 11 is 0. The van der Waals surface area contributed by atoms with Crippen molar-refractivity contribution in [3.63, 3.8) is 0 Å². The molecule has 4 aromatic rings. The van der Waals surface area contributed by atoms with Gasteiger partial charge in [-0.15, -0.1) is 0 Å². The van der Waals surface area contributed by atoms with Crippen molar-refractivity contribution in [1.82, 2.24) is 20.1 Å². The van der Waals surface area contributed by atoms with Gasteiger partial charge < -0.3 is 5.32 Å². The van der Waals surface area contributed by atoms with E-state index in [-0.39, 0.29) is 0 Å². The van der Waals surface area contributed by atoms with Gasteiger partial charge in [-0.2, -0.15) is 18.3 Å². The molecule has 2 aromatic heterocycles. The molecule has 0 fully saturated rings. The number of halogens is 3. The van der Waals surface area contributed by atoms with Crippen molar-refractivity contribution in [1.29, 1.82) is 0 Å². The lowest BCUT2D eigenvalue weighted by molar-refractivity contribution is -0.137. The molecule has 1 unspecified atom stereocenters. The molecule has 0 aliphatic carbocycles. The molecule has 0 saturated heterocycles. The Morgan fingerprint density at radius 3 is 2.50 bits per heavy atom. The summed E-state index contributed by atoms with van der Waals surface area (Å²) in [5.41, 5.74) is 1.73. The predicted molar refractivity (Wildman–Crippen MR) is 114 cm³/mol. The fourth-order valence-corrected chi connectivity index (χ4v) is 3.31. The van der Waals surface area contributed by atoms with Crippen LogP contribution < -0.4 is 5.32 Å². The molecule has 8 heteroatoms. The number of nitrogens with one attached hydrogen (secondary N) is 1. The summed E-state index contributed by atoms with van der Waals surface area (Å²) in [5, 5.41) is 7.35. The molecule has 2 aromatic carbocycles. The molecule has 162 valence electrons. The van der Waals surface area contributed by atoms with Gasteiger partial charge in [0.05, 0.1) is 22.9 Å². The molecule has 0 radical (unpaired) electrons. The van der Waals surface area contributed by atoms with E-state index < -0.39 is 23.7 Å². The van der Waals surface area contributed by atoms with E-state index in [2.05, 4.69) is 15.4 Å². The number of para-hydroxylation sites is 1. The van der Waals surface area contributed by atoms with Crippen LogP contribution in [-0.4, -0.2) is 20.7 Å². The number of rotatable bonds is 5. The molecular formula is C24H19F3N4O. The number of carbonyl (C=O) groups excluding carboxylic acids is 1.